The van der Waals surface area contributed by atoms with Crippen LogP contribution >= 0.6 is 11.6 Å². The van der Waals surface area contributed by atoms with Crippen LogP contribution in [0.2, 0.25) is 5.02 Å². The van der Waals surface area contributed by atoms with Gasteiger partial charge in [-0.1, -0.05) is 30.9 Å². The van der Waals surface area contributed by atoms with Crippen molar-refractivity contribution in [1.82, 2.24) is 15.1 Å². The Morgan fingerprint density at radius 3 is 2.35 bits per heavy atom. The highest BCUT2D eigenvalue weighted by molar-refractivity contribution is 6.32. The maximum atomic E-state index is 13.1. The van der Waals surface area contributed by atoms with Crippen molar-refractivity contribution >= 4 is 17.5 Å². The van der Waals surface area contributed by atoms with Crippen molar-refractivity contribution in [2.75, 3.05) is 0 Å². The van der Waals surface area contributed by atoms with Crippen molar-refractivity contribution in [1.29, 1.82) is 0 Å². The van der Waals surface area contributed by atoms with Gasteiger partial charge in [-0.15, -0.1) is 0 Å². The summed E-state index contributed by atoms with van der Waals surface area (Å²) in [4.78, 5) is 12.2. The summed E-state index contributed by atoms with van der Waals surface area (Å²) in [5.41, 5.74) is -1.78. The number of rotatable bonds is 5. The summed E-state index contributed by atoms with van der Waals surface area (Å²) in [6.45, 7) is 1.34. The highest BCUT2D eigenvalue weighted by atomic mass is 35.5. The molecule has 1 aliphatic carbocycles. The van der Waals surface area contributed by atoms with Gasteiger partial charge in [-0.25, -0.2) is 22.2 Å². The van der Waals surface area contributed by atoms with Gasteiger partial charge in [-0.05, 0) is 19.8 Å². The molecule has 0 aliphatic heterocycles. The Bertz CT molecular complexity index is 558. The molecule has 0 saturated heterocycles. The second-order valence-corrected chi connectivity index (χ2v) is 6.03. The number of amides is 1. The zero-order valence-electron chi connectivity index (χ0n) is 12.5. The molecule has 23 heavy (non-hydrogen) atoms. The van der Waals surface area contributed by atoms with Gasteiger partial charge in [0.15, 0.2) is 0 Å². The van der Waals surface area contributed by atoms with E-state index in [2.05, 4.69) is 10.4 Å². The maximum Gasteiger partial charge on any atom is 0.283 e. The van der Waals surface area contributed by atoms with Gasteiger partial charge in [0.25, 0.3) is 12.9 Å². The van der Waals surface area contributed by atoms with Crippen molar-refractivity contribution in [3.63, 3.8) is 0 Å². The fourth-order valence-corrected chi connectivity index (χ4v) is 3.05. The Morgan fingerprint density at radius 1 is 1.22 bits per heavy atom. The summed E-state index contributed by atoms with van der Waals surface area (Å²) in [6, 6.07) is -1.17. The van der Waals surface area contributed by atoms with Crippen molar-refractivity contribution in [3.05, 3.63) is 16.4 Å². The van der Waals surface area contributed by atoms with Crippen LogP contribution in [0.4, 0.5) is 17.6 Å². The summed E-state index contributed by atoms with van der Waals surface area (Å²) < 4.78 is 52.5. The first-order valence-electron chi connectivity index (χ1n) is 7.47. The first-order valence-corrected chi connectivity index (χ1v) is 7.85. The SMILES string of the molecule is CC(C(=O)NC1CCCCC1)n1nc(C(F)F)c(Cl)c1C(F)F. The van der Waals surface area contributed by atoms with E-state index in [9.17, 15) is 22.4 Å². The molecule has 0 radical (unpaired) electrons. The van der Waals surface area contributed by atoms with Crippen LogP contribution < -0.4 is 5.32 Å². The summed E-state index contributed by atoms with van der Waals surface area (Å²) in [6.07, 6.45) is -1.47. The fraction of sp³-hybridized carbons (Fsp3) is 0.714. The van der Waals surface area contributed by atoms with Gasteiger partial charge in [0, 0.05) is 6.04 Å². The smallest absolute Gasteiger partial charge is 0.283 e. The third-order valence-electron chi connectivity index (χ3n) is 4.02. The largest absolute Gasteiger partial charge is 0.352 e. The Kier molecular flexibility index (Phi) is 5.89. The van der Waals surface area contributed by atoms with E-state index in [1.807, 2.05) is 0 Å². The number of nitrogens with zero attached hydrogens (tertiary/aromatic N) is 2. The van der Waals surface area contributed by atoms with Gasteiger partial charge < -0.3 is 5.32 Å². The molecule has 1 heterocycles. The van der Waals surface area contributed by atoms with Gasteiger partial charge in [-0.3, -0.25) is 4.79 Å². The molecule has 0 aromatic carbocycles. The van der Waals surface area contributed by atoms with Crippen molar-refractivity contribution in [2.45, 2.75) is 64.0 Å². The molecular weight excluding hydrogens is 338 g/mol. The molecule has 0 spiro atoms. The molecule has 1 atom stereocenters. The van der Waals surface area contributed by atoms with Crippen molar-refractivity contribution in [3.8, 4) is 0 Å². The molecule has 1 fully saturated rings. The van der Waals surface area contributed by atoms with Crippen LogP contribution in [-0.2, 0) is 4.79 Å². The third-order valence-corrected chi connectivity index (χ3v) is 4.41. The van der Waals surface area contributed by atoms with E-state index < -0.39 is 41.2 Å². The highest BCUT2D eigenvalue weighted by Gasteiger charge is 2.32. The standard InChI is InChI=1S/C14H18ClF4N3O/c1-7(14(23)20-8-5-3-2-4-6-8)22-11(13(18)19)9(15)10(21-22)12(16)17/h7-8,12-13H,2-6H2,1H3,(H,20,23). The van der Waals surface area contributed by atoms with Gasteiger partial charge in [-0.2, -0.15) is 5.10 Å². The van der Waals surface area contributed by atoms with Gasteiger partial charge in [0.05, 0.1) is 5.02 Å². The predicted octanol–water partition coefficient (Wildman–Crippen LogP) is 4.42. The highest BCUT2D eigenvalue weighted by Crippen LogP contribution is 2.36. The Labute approximate surface area is 136 Å². The lowest BCUT2D eigenvalue weighted by molar-refractivity contribution is -0.125. The van der Waals surface area contributed by atoms with Gasteiger partial charge >= 0.3 is 0 Å². The second kappa shape index (κ2) is 7.51. The summed E-state index contributed by atoms with van der Waals surface area (Å²) in [5.74, 6) is -0.529. The fourth-order valence-electron chi connectivity index (χ4n) is 2.76. The van der Waals surface area contributed by atoms with Crippen LogP contribution in [-0.4, -0.2) is 21.7 Å². The Morgan fingerprint density at radius 2 is 1.83 bits per heavy atom. The van der Waals surface area contributed by atoms with Crippen LogP contribution in [0.1, 0.15) is 69.3 Å². The normalized spacial score (nSPS) is 17.7. The summed E-state index contributed by atoms with van der Waals surface area (Å²) >= 11 is 5.59. The number of aromatic nitrogens is 2. The minimum Gasteiger partial charge on any atom is -0.352 e. The molecule has 0 bridgehead atoms. The predicted molar refractivity (Wildman–Crippen MR) is 76.9 cm³/mol. The molecule has 1 amide bonds. The Hall–Kier alpha value is -1.31. The van der Waals surface area contributed by atoms with Crippen LogP contribution in [0, 0.1) is 0 Å². The third kappa shape index (κ3) is 3.97. The number of hydrogen-bond donors (Lipinski definition) is 1. The Balaban J connectivity index is 2.21. The number of carbonyl (C=O) groups is 1. The maximum absolute atomic E-state index is 13.1. The molecule has 2 rings (SSSR count). The number of hydrogen-bond acceptors (Lipinski definition) is 2. The quantitative estimate of drug-likeness (QED) is 0.795. The zero-order valence-corrected chi connectivity index (χ0v) is 13.3. The molecule has 130 valence electrons. The molecule has 1 N–H and O–H groups in total. The molecule has 9 heteroatoms. The monoisotopic (exact) mass is 355 g/mol. The molecule has 1 aliphatic rings. The molecular formula is C14H18ClF4N3O. The first-order chi connectivity index (χ1) is 10.8. The van der Waals surface area contributed by atoms with Crippen LogP contribution in [0.5, 0.6) is 0 Å². The van der Waals surface area contributed by atoms with E-state index in [4.69, 9.17) is 11.6 Å². The molecule has 1 unspecified atom stereocenters. The van der Waals surface area contributed by atoms with Crippen LogP contribution in [0.15, 0.2) is 0 Å². The average Bonchev–Trinajstić information content (AvgIpc) is 2.85. The lowest BCUT2D eigenvalue weighted by Crippen LogP contribution is -2.40. The second-order valence-electron chi connectivity index (χ2n) is 5.65. The van der Waals surface area contributed by atoms with E-state index in [1.165, 1.54) is 6.92 Å². The van der Waals surface area contributed by atoms with Crippen LogP contribution in [0.3, 0.4) is 0 Å². The van der Waals surface area contributed by atoms with Crippen molar-refractivity contribution < 1.29 is 22.4 Å². The number of halogens is 5. The van der Waals surface area contributed by atoms with E-state index >= 15 is 0 Å². The van der Waals surface area contributed by atoms with Gasteiger partial charge in [0.2, 0.25) is 5.91 Å². The van der Waals surface area contributed by atoms with Gasteiger partial charge in [0.1, 0.15) is 17.4 Å². The summed E-state index contributed by atoms with van der Waals surface area (Å²) in [5, 5.41) is 5.42. The minimum absolute atomic E-state index is 0.0192. The number of alkyl halides is 4. The molecule has 1 aromatic rings. The number of carbonyl (C=O) groups excluding carboxylic acids is 1. The molecule has 4 nitrogen and oxygen atoms in total. The van der Waals surface area contributed by atoms with E-state index in [0.717, 1.165) is 32.1 Å². The lowest BCUT2D eigenvalue weighted by atomic mass is 9.95. The topological polar surface area (TPSA) is 46.9 Å². The molecule has 1 aromatic heterocycles. The van der Waals surface area contributed by atoms with E-state index in [-0.39, 0.29) is 6.04 Å². The lowest BCUT2D eigenvalue weighted by Gasteiger charge is -2.25. The minimum atomic E-state index is -3.10. The van der Waals surface area contributed by atoms with Crippen molar-refractivity contribution in [2.24, 2.45) is 0 Å². The van der Waals surface area contributed by atoms with E-state index in [1.54, 1.807) is 0 Å². The zero-order chi connectivity index (χ0) is 17.1. The summed E-state index contributed by atoms with van der Waals surface area (Å²) in [7, 11) is 0. The average molecular weight is 356 g/mol. The molecule has 1 saturated carbocycles. The number of nitrogens with one attached hydrogen (secondary N) is 1. The first kappa shape index (κ1) is 18.0. The van der Waals surface area contributed by atoms with E-state index in [0.29, 0.717) is 4.68 Å². The van der Waals surface area contributed by atoms with Crippen LogP contribution in [0.25, 0.3) is 0 Å².